The van der Waals surface area contributed by atoms with E-state index < -0.39 is 11.9 Å². The van der Waals surface area contributed by atoms with E-state index in [9.17, 15) is 19.8 Å². The van der Waals surface area contributed by atoms with Crippen LogP contribution in [0.5, 0.6) is 0 Å². The van der Waals surface area contributed by atoms with Gasteiger partial charge in [-0.25, -0.2) is 0 Å². The molecule has 0 saturated carbocycles. The maximum Gasteiger partial charge on any atom is 0.323 e. The Kier molecular flexibility index (Phi) is 9.94. The summed E-state index contributed by atoms with van der Waals surface area (Å²) in [5, 5.41) is 18.8. The number of carbonyl (C=O) groups is 2. The van der Waals surface area contributed by atoms with Crippen LogP contribution in [-0.2, 0) is 22.7 Å². The largest absolute Gasteiger partial charge is 0.480 e. The molecule has 0 unspecified atom stereocenters. The first-order valence-electron chi connectivity index (χ1n) is 11.6. The lowest BCUT2D eigenvalue weighted by Crippen LogP contribution is -2.43. The van der Waals surface area contributed by atoms with E-state index in [1.165, 1.54) is 5.56 Å². The standard InChI is InChI=1S/C26H34N4O4/c31-25(32)21-29-15-11-27(19-23-7-3-1-4-8-23)12-16-30(22-26(33)34)18-14-28(13-17-29)20-24-9-5-2-6-10-24/h1-11,15H,12-14,16-22H2,(H,31,32)(H,33,34)/b15-11-. The van der Waals surface area contributed by atoms with Crippen molar-refractivity contribution in [1.29, 1.82) is 0 Å². The summed E-state index contributed by atoms with van der Waals surface area (Å²) in [7, 11) is 0. The molecule has 34 heavy (non-hydrogen) atoms. The first kappa shape index (κ1) is 25.3. The van der Waals surface area contributed by atoms with Gasteiger partial charge in [-0.05, 0) is 11.1 Å². The number of rotatable bonds is 8. The normalized spacial score (nSPS) is 17.5. The zero-order valence-corrected chi connectivity index (χ0v) is 19.5. The Balaban J connectivity index is 1.78. The molecule has 0 aromatic heterocycles. The summed E-state index contributed by atoms with van der Waals surface area (Å²) in [6, 6.07) is 20.2. The number of hydrogen-bond acceptors (Lipinski definition) is 6. The molecule has 2 aromatic rings. The molecule has 8 nitrogen and oxygen atoms in total. The van der Waals surface area contributed by atoms with Gasteiger partial charge in [0.05, 0.1) is 6.54 Å². The summed E-state index contributed by atoms with van der Waals surface area (Å²) in [6.07, 6.45) is 3.78. The summed E-state index contributed by atoms with van der Waals surface area (Å²) < 4.78 is 0. The first-order valence-corrected chi connectivity index (χ1v) is 11.6. The van der Waals surface area contributed by atoms with Crippen LogP contribution in [0.1, 0.15) is 11.1 Å². The minimum absolute atomic E-state index is 0.00674. The van der Waals surface area contributed by atoms with Crippen LogP contribution in [0.25, 0.3) is 0 Å². The molecule has 0 spiro atoms. The van der Waals surface area contributed by atoms with Crippen molar-refractivity contribution in [2.24, 2.45) is 0 Å². The van der Waals surface area contributed by atoms with Crippen molar-refractivity contribution < 1.29 is 19.8 Å². The van der Waals surface area contributed by atoms with Gasteiger partial charge in [0.15, 0.2) is 0 Å². The van der Waals surface area contributed by atoms with Crippen LogP contribution in [0, 0.1) is 0 Å². The monoisotopic (exact) mass is 466 g/mol. The Bertz CT molecular complexity index is 923. The number of aliphatic carboxylic acids is 2. The number of carboxylic acid groups (broad SMARTS) is 2. The molecule has 2 N–H and O–H groups in total. The van der Waals surface area contributed by atoms with Crippen molar-refractivity contribution in [2.75, 3.05) is 52.4 Å². The highest BCUT2D eigenvalue weighted by Gasteiger charge is 2.16. The average molecular weight is 467 g/mol. The van der Waals surface area contributed by atoms with Gasteiger partial charge in [0.1, 0.15) is 6.54 Å². The van der Waals surface area contributed by atoms with Crippen molar-refractivity contribution in [3.8, 4) is 0 Å². The van der Waals surface area contributed by atoms with Crippen molar-refractivity contribution >= 4 is 11.9 Å². The molecule has 0 atom stereocenters. The maximum absolute atomic E-state index is 11.5. The molecular formula is C26H34N4O4. The molecule has 0 saturated heterocycles. The third-order valence-corrected chi connectivity index (χ3v) is 5.80. The highest BCUT2D eigenvalue weighted by Crippen LogP contribution is 2.09. The highest BCUT2D eigenvalue weighted by molar-refractivity contribution is 5.69. The third kappa shape index (κ3) is 9.25. The zero-order chi connectivity index (χ0) is 24.2. The third-order valence-electron chi connectivity index (χ3n) is 5.80. The summed E-state index contributed by atoms with van der Waals surface area (Å²) in [6.45, 7) is 5.12. The van der Waals surface area contributed by atoms with E-state index >= 15 is 0 Å². The van der Waals surface area contributed by atoms with Crippen molar-refractivity contribution in [3.05, 3.63) is 84.2 Å². The Morgan fingerprint density at radius 3 is 1.68 bits per heavy atom. The molecule has 2 aromatic carbocycles. The van der Waals surface area contributed by atoms with Crippen LogP contribution in [0.15, 0.2) is 73.1 Å². The van der Waals surface area contributed by atoms with E-state index in [0.29, 0.717) is 45.8 Å². The molecule has 1 aliphatic rings. The van der Waals surface area contributed by atoms with Crippen LogP contribution >= 0.6 is 0 Å². The molecule has 0 aliphatic carbocycles. The predicted molar refractivity (Wildman–Crippen MR) is 131 cm³/mol. The van der Waals surface area contributed by atoms with E-state index in [1.807, 2.05) is 58.6 Å². The molecular weight excluding hydrogens is 432 g/mol. The molecule has 0 amide bonds. The molecule has 0 radical (unpaired) electrons. The van der Waals surface area contributed by atoms with E-state index in [1.54, 1.807) is 0 Å². The minimum Gasteiger partial charge on any atom is -0.480 e. The van der Waals surface area contributed by atoms with Crippen molar-refractivity contribution in [3.63, 3.8) is 0 Å². The molecule has 182 valence electrons. The maximum atomic E-state index is 11.5. The zero-order valence-electron chi connectivity index (χ0n) is 19.5. The van der Waals surface area contributed by atoms with Gasteiger partial charge in [-0.3, -0.25) is 19.4 Å². The number of carboxylic acids is 2. The topological polar surface area (TPSA) is 87.6 Å². The summed E-state index contributed by atoms with van der Waals surface area (Å²) >= 11 is 0. The average Bonchev–Trinajstić information content (AvgIpc) is 2.81. The SMILES string of the molecule is O=C(O)CN1/C=C\N(Cc2ccccc2)CCN(CC(=O)O)CCN(Cc2ccccc2)CC1. The van der Waals surface area contributed by atoms with E-state index in [4.69, 9.17) is 0 Å². The lowest BCUT2D eigenvalue weighted by molar-refractivity contribution is -0.139. The molecule has 3 rings (SSSR count). The van der Waals surface area contributed by atoms with Crippen LogP contribution < -0.4 is 0 Å². The van der Waals surface area contributed by atoms with Crippen molar-refractivity contribution in [2.45, 2.75) is 13.1 Å². The second-order valence-electron chi connectivity index (χ2n) is 8.55. The summed E-state index contributed by atoms with van der Waals surface area (Å²) in [5.74, 6) is -1.70. The Hall–Kier alpha value is -3.36. The van der Waals surface area contributed by atoms with E-state index in [-0.39, 0.29) is 13.1 Å². The van der Waals surface area contributed by atoms with Crippen LogP contribution in [-0.4, -0.2) is 94.1 Å². The van der Waals surface area contributed by atoms with Gasteiger partial charge in [-0.15, -0.1) is 0 Å². The highest BCUT2D eigenvalue weighted by atomic mass is 16.4. The Morgan fingerprint density at radius 2 is 1.06 bits per heavy atom. The molecule has 8 heteroatoms. The fourth-order valence-electron chi connectivity index (χ4n) is 3.99. The molecule has 0 fully saturated rings. The Labute approximate surface area is 201 Å². The van der Waals surface area contributed by atoms with Gasteiger partial charge >= 0.3 is 11.9 Å². The fourth-order valence-corrected chi connectivity index (χ4v) is 3.99. The van der Waals surface area contributed by atoms with Gasteiger partial charge in [0.2, 0.25) is 0 Å². The van der Waals surface area contributed by atoms with Gasteiger partial charge in [-0.1, -0.05) is 60.7 Å². The van der Waals surface area contributed by atoms with E-state index in [2.05, 4.69) is 34.1 Å². The van der Waals surface area contributed by atoms with Crippen LogP contribution in [0.2, 0.25) is 0 Å². The Morgan fingerprint density at radius 1 is 0.588 bits per heavy atom. The van der Waals surface area contributed by atoms with Crippen molar-refractivity contribution in [1.82, 2.24) is 19.6 Å². The number of benzene rings is 2. The molecule has 0 bridgehead atoms. The number of hydrogen-bond donors (Lipinski definition) is 2. The van der Waals surface area contributed by atoms with Gasteiger partial charge in [0, 0.05) is 64.8 Å². The molecule has 1 heterocycles. The second-order valence-corrected chi connectivity index (χ2v) is 8.55. The van der Waals surface area contributed by atoms with E-state index in [0.717, 1.165) is 12.1 Å². The number of nitrogens with zero attached hydrogens (tertiary/aromatic N) is 4. The van der Waals surface area contributed by atoms with Gasteiger partial charge in [0.25, 0.3) is 0 Å². The van der Waals surface area contributed by atoms with Gasteiger partial charge < -0.3 is 20.0 Å². The van der Waals surface area contributed by atoms with Crippen LogP contribution in [0.3, 0.4) is 0 Å². The first-order chi connectivity index (χ1) is 16.5. The molecule has 1 aliphatic heterocycles. The minimum atomic E-state index is -0.867. The summed E-state index contributed by atoms with van der Waals surface area (Å²) in [5.41, 5.74) is 2.32. The van der Waals surface area contributed by atoms with Gasteiger partial charge in [-0.2, -0.15) is 0 Å². The second kappa shape index (κ2) is 13.4. The lowest BCUT2D eigenvalue weighted by atomic mass is 10.2. The summed E-state index contributed by atoms with van der Waals surface area (Å²) in [4.78, 5) is 31.1. The fraction of sp³-hybridized carbons (Fsp3) is 0.385. The van der Waals surface area contributed by atoms with Crippen LogP contribution in [0.4, 0.5) is 0 Å². The quantitative estimate of drug-likeness (QED) is 0.613. The smallest absolute Gasteiger partial charge is 0.323 e. The lowest BCUT2D eigenvalue weighted by Gasteiger charge is -2.32. The predicted octanol–water partition coefficient (Wildman–Crippen LogP) is 2.25.